The lowest BCUT2D eigenvalue weighted by Crippen LogP contribution is -2.21. The molecule has 9 heteroatoms. The van der Waals surface area contributed by atoms with Gasteiger partial charge < -0.3 is 4.74 Å². The van der Waals surface area contributed by atoms with Crippen molar-refractivity contribution in [3.05, 3.63) is 35.7 Å². The van der Waals surface area contributed by atoms with Crippen LogP contribution in [-0.4, -0.2) is 32.6 Å². The minimum absolute atomic E-state index is 0.287. The molecule has 160 valence electrons. The van der Waals surface area contributed by atoms with Gasteiger partial charge in [0.1, 0.15) is 11.1 Å². The number of carbonyl (C=O) groups is 1. The van der Waals surface area contributed by atoms with Crippen LogP contribution in [0.4, 0.5) is 13.2 Å². The lowest BCUT2D eigenvalue weighted by atomic mass is 10.2. The first-order valence-corrected chi connectivity index (χ1v) is 10.6. The van der Waals surface area contributed by atoms with E-state index in [2.05, 4.69) is 10.1 Å². The third-order valence-electron chi connectivity index (χ3n) is 4.17. The molecule has 0 aliphatic rings. The van der Waals surface area contributed by atoms with E-state index < -0.39 is 17.0 Å². The maximum absolute atomic E-state index is 13.1. The van der Waals surface area contributed by atoms with Crippen molar-refractivity contribution in [3.63, 3.8) is 0 Å². The van der Waals surface area contributed by atoms with E-state index in [1.165, 1.54) is 22.5 Å². The van der Waals surface area contributed by atoms with Crippen molar-refractivity contribution in [2.45, 2.75) is 69.5 Å². The Morgan fingerprint density at radius 1 is 1.24 bits per heavy atom. The second-order valence-corrected chi connectivity index (χ2v) is 7.71. The van der Waals surface area contributed by atoms with Crippen LogP contribution in [0, 0.1) is 0 Å². The van der Waals surface area contributed by atoms with Crippen molar-refractivity contribution in [3.8, 4) is 5.69 Å². The minimum atomic E-state index is -4.44. The van der Waals surface area contributed by atoms with Crippen LogP contribution >= 0.6 is 11.8 Å². The van der Waals surface area contributed by atoms with Crippen LogP contribution in [0.25, 0.3) is 5.69 Å². The highest BCUT2D eigenvalue weighted by atomic mass is 32.2. The average molecular weight is 430 g/mol. The number of aromatic nitrogens is 3. The van der Waals surface area contributed by atoms with Crippen LogP contribution < -0.4 is 0 Å². The Hall–Kier alpha value is -2.03. The molecule has 1 aromatic heterocycles. The Labute approximate surface area is 173 Å². The topological polar surface area (TPSA) is 57.0 Å². The Kier molecular flexibility index (Phi) is 8.55. The molecule has 1 unspecified atom stereocenters. The summed E-state index contributed by atoms with van der Waals surface area (Å²) in [5.74, 6) is 0.224. The minimum Gasteiger partial charge on any atom is -0.465 e. The van der Waals surface area contributed by atoms with Crippen molar-refractivity contribution < 1.29 is 22.7 Å². The Bertz CT molecular complexity index is 809. The van der Waals surface area contributed by atoms with Gasteiger partial charge >= 0.3 is 12.1 Å². The first kappa shape index (κ1) is 23.3. The van der Waals surface area contributed by atoms with Gasteiger partial charge in [0.25, 0.3) is 0 Å². The van der Waals surface area contributed by atoms with E-state index in [0.717, 1.165) is 31.4 Å². The standard InChI is InChI=1S/C20H26F3N3O2S/c1-4-7-11-16(18(27)28-12-5-2)29-19-24-17(6-3)26(25-19)15-10-8-9-14(13-15)20(21,22)23/h8-10,13,16H,4-7,11-12H2,1-3H3. The van der Waals surface area contributed by atoms with E-state index >= 15 is 0 Å². The quantitative estimate of drug-likeness (QED) is 0.371. The second kappa shape index (κ2) is 10.7. The molecule has 2 aromatic rings. The molecule has 0 saturated heterocycles. The number of ether oxygens (including phenoxy) is 1. The highest BCUT2D eigenvalue weighted by Crippen LogP contribution is 2.31. The highest BCUT2D eigenvalue weighted by Gasteiger charge is 2.31. The molecule has 0 bridgehead atoms. The summed E-state index contributed by atoms with van der Waals surface area (Å²) < 4.78 is 45.8. The molecule has 5 nitrogen and oxygen atoms in total. The summed E-state index contributed by atoms with van der Waals surface area (Å²) in [5.41, 5.74) is -0.458. The first-order chi connectivity index (χ1) is 13.8. The number of nitrogens with zero attached hydrogens (tertiary/aromatic N) is 3. The fourth-order valence-corrected chi connectivity index (χ4v) is 3.65. The molecule has 0 aliphatic carbocycles. The van der Waals surface area contributed by atoms with Crippen molar-refractivity contribution in [2.24, 2.45) is 0 Å². The van der Waals surface area contributed by atoms with Crippen molar-refractivity contribution in [1.82, 2.24) is 14.8 Å². The van der Waals surface area contributed by atoms with Gasteiger partial charge in [-0.25, -0.2) is 9.67 Å². The van der Waals surface area contributed by atoms with Crippen molar-refractivity contribution in [1.29, 1.82) is 0 Å². The summed E-state index contributed by atoms with van der Waals surface area (Å²) in [7, 11) is 0. The number of thioether (sulfide) groups is 1. The van der Waals surface area contributed by atoms with E-state index in [1.807, 2.05) is 20.8 Å². The molecule has 0 amide bonds. The van der Waals surface area contributed by atoms with Gasteiger partial charge in [0.05, 0.1) is 17.9 Å². The van der Waals surface area contributed by atoms with Crippen LogP contribution in [0.15, 0.2) is 29.4 Å². The summed E-state index contributed by atoms with van der Waals surface area (Å²) in [5, 5.41) is 4.29. The van der Waals surface area contributed by atoms with Gasteiger partial charge in [0.15, 0.2) is 0 Å². The molecule has 0 spiro atoms. The summed E-state index contributed by atoms with van der Waals surface area (Å²) in [6.45, 7) is 6.17. The number of unbranched alkanes of at least 4 members (excludes halogenated alkanes) is 1. The SMILES string of the molecule is CCCCC(Sc1nc(CC)n(-c2cccc(C(F)(F)F)c2)n1)C(=O)OCCC. The highest BCUT2D eigenvalue weighted by molar-refractivity contribution is 8.00. The summed E-state index contributed by atoms with van der Waals surface area (Å²) >= 11 is 1.20. The lowest BCUT2D eigenvalue weighted by molar-refractivity contribution is -0.143. The maximum atomic E-state index is 13.1. The molecule has 0 saturated carbocycles. The number of carbonyl (C=O) groups excluding carboxylic acids is 1. The zero-order chi connectivity index (χ0) is 21.4. The van der Waals surface area contributed by atoms with E-state index in [4.69, 9.17) is 4.74 Å². The van der Waals surface area contributed by atoms with Crippen molar-refractivity contribution >= 4 is 17.7 Å². The van der Waals surface area contributed by atoms with Gasteiger partial charge in [-0.3, -0.25) is 4.79 Å². The molecule has 1 aromatic carbocycles. The number of aryl methyl sites for hydroxylation is 1. The van der Waals surface area contributed by atoms with Crippen LogP contribution in [0.2, 0.25) is 0 Å². The fourth-order valence-electron chi connectivity index (χ4n) is 2.66. The smallest absolute Gasteiger partial charge is 0.416 e. The first-order valence-electron chi connectivity index (χ1n) is 9.76. The van der Waals surface area contributed by atoms with Gasteiger partial charge in [-0.15, -0.1) is 5.10 Å². The fraction of sp³-hybridized carbons (Fsp3) is 0.550. The third-order valence-corrected chi connectivity index (χ3v) is 5.26. The molecule has 1 atom stereocenters. The zero-order valence-electron chi connectivity index (χ0n) is 16.8. The van der Waals surface area contributed by atoms with Crippen LogP contribution in [0.1, 0.15) is 57.8 Å². The van der Waals surface area contributed by atoms with E-state index in [0.29, 0.717) is 30.4 Å². The number of esters is 1. The number of rotatable bonds is 10. The Morgan fingerprint density at radius 2 is 2.00 bits per heavy atom. The molecule has 29 heavy (non-hydrogen) atoms. The lowest BCUT2D eigenvalue weighted by Gasteiger charge is -2.13. The number of alkyl halides is 3. The third kappa shape index (κ3) is 6.48. The summed E-state index contributed by atoms with van der Waals surface area (Å²) in [4.78, 5) is 16.8. The van der Waals surface area contributed by atoms with Gasteiger partial charge in [0.2, 0.25) is 5.16 Å². The number of hydrogen-bond donors (Lipinski definition) is 0. The number of halogens is 3. The molecular weight excluding hydrogens is 403 g/mol. The average Bonchev–Trinajstić information content (AvgIpc) is 3.11. The predicted octanol–water partition coefficient (Wildman–Crippen LogP) is 5.45. The molecule has 0 aliphatic heterocycles. The maximum Gasteiger partial charge on any atom is 0.416 e. The molecule has 1 heterocycles. The van der Waals surface area contributed by atoms with E-state index in [9.17, 15) is 18.0 Å². The van der Waals surface area contributed by atoms with Gasteiger partial charge in [0, 0.05) is 6.42 Å². The summed E-state index contributed by atoms with van der Waals surface area (Å²) in [6, 6.07) is 4.97. The number of benzene rings is 1. The van der Waals surface area contributed by atoms with Crippen LogP contribution in [0.5, 0.6) is 0 Å². The Balaban J connectivity index is 2.29. The molecule has 0 fully saturated rings. The predicted molar refractivity (Wildman–Crippen MR) is 106 cm³/mol. The monoisotopic (exact) mass is 429 g/mol. The van der Waals surface area contributed by atoms with Crippen molar-refractivity contribution in [2.75, 3.05) is 6.61 Å². The van der Waals surface area contributed by atoms with E-state index in [1.54, 1.807) is 6.07 Å². The second-order valence-electron chi connectivity index (χ2n) is 6.54. The van der Waals surface area contributed by atoms with Gasteiger partial charge in [-0.2, -0.15) is 13.2 Å². The molecular formula is C20H26F3N3O2S. The zero-order valence-corrected chi connectivity index (χ0v) is 17.6. The van der Waals surface area contributed by atoms with E-state index in [-0.39, 0.29) is 11.7 Å². The van der Waals surface area contributed by atoms with Gasteiger partial charge in [-0.05, 0) is 31.0 Å². The van der Waals surface area contributed by atoms with Crippen LogP contribution in [0.3, 0.4) is 0 Å². The van der Waals surface area contributed by atoms with Crippen LogP contribution in [-0.2, 0) is 22.1 Å². The molecule has 0 radical (unpaired) electrons. The largest absolute Gasteiger partial charge is 0.465 e. The Morgan fingerprint density at radius 3 is 2.62 bits per heavy atom. The normalized spacial score (nSPS) is 12.8. The summed E-state index contributed by atoms with van der Waals surface area (Å²) in [6.07, 6.45) is -0.792. The van der Waals surface area contributed by atoms with Gasteiger partial charge in [-0.1, -0.05) is 51.4 Å². The molecule has 0 N–H and O–H groups in total. The number of hydrogen-bond acceptors (Lipinski definition) is 5. The molecule has 2 rings (SSSR count).